The molecule has 19 heavy (non-hydrogen) atoms. The lowest BCUT2D eigenvalue weighted by Gasteiger charge is -2.10. The van der Waals surface area contributed by atoms with Crippen LogP contribution in [-0.2, 0) is 0 Å². The molecule has 5 heteroatoms. The maximum atomic E-state index is 13.2. The normalized spacial score (nSPS) is 11.1. The van der Waals surface area contributed by atoms with E-state index in [0.717, 1.165) is 22.3 Å². The predicted molar refractivity (Wildman–Crippen MR) is 75.2 cm³/mol. The van der Waals surface area contributed by atoms with Gasteiger partial charge in [-0.25, -0.2) is 9.37 Å². The molecular weight excluding hydrogens is 265 g/mol. The molecule has 2 N–H and O–H groups in total. The molecule has 0 bridgehead atoms. The fourth-order valence-electron chi connectivity index (χ4n) is 2.19. The number of aryl methyl sites for hydroxylation is 1. The van der Waals surface area contributed by atoms with Gasteiger partial charge in [-0.3, -0.25) is 4.57 Å². The lowest BCUT2D eigenvalue weighted by atomic mass is 10.2. The summed E-state index contributed by atoms with van der Waals surface area (Å²) in [5, 5.41) is 0.605. The summed E-state index contributed by atoms with van der Waals surface area (Å²) in [5.41, 5.74) is 9.10. The van der Waals surface area contributed by atoms with E-state index in [1.165, 1.54) is 12.1 Å². The number of nitrogens with zero attached hydrogens (tertiary/aromatic N) is 2. The summed E-state index contributed by atoms with van der Waals surface area (Å²) in [6.45, 7) is 1.83. The minimum atomic E-state index is -0.276. The van der Waals surface area contributed by atoms with E-state index in [9.17, 15) is 4.39 Å². The highest BCUT2D eigenvalue weighted by atomic mass is 35.5. The lowest BCUT2D eigenvalue weighted by Crippen LogP contribution is -2.02. The van der Waals surface area contributed by atoms with Crippen LogP contribution in [0.1, 0.15) is 5.56 Å². The molecule has 1 heterocycles. The van der Waals surface area contributed by atoms with Gasteiger partial charge in [-0.15, -0.1) is 0 Å². The molecule has 0 atom stereocenters. The summed E-state index contributed by atoms with van der Waals surface area (Å²) < 4.78 is 15.0. The van der Waals surface area contributed by atoms with Gasteiger partial charge in [0.1, 0.15) is 5.82 Å². The second-order valence-corrected chi connectivity index (χ2v) is 4.81. The number of hydrogen-bond donors (Lipinski definition) is 1. The number of aromatic nitrogens is 2. The van der Waals surface area contributed by atoms with Crippen molar-refractivity contribution in [1.29, 1.82) is 0 Å². The summed E-state index contributed by atoms with van der Waals surface area (Å²) in [4.78, 5) is 4.28. The Balaban J connectivity index is 2.35. The number of halogens is 2. The minimum absolute atomic E-state index is 0.276. The van der Waals surface area contributed by atoms with E-state index >= 15 is 0 Å². The van der Waals surface area contributed by atoms with Gasteiger partial charge in [0.25, 0.3) is 0 Å². The van der Waals surface area contributed by atoms with E-state index in [-0.39, 0.29) is 5.82 Å². The number of rotatable bonds is 1. The van der Waals surface area contributed by atoms with Gasteiger partial charge < -0.3 is 5.73 Å². The molecule has 3 nitrogen and oxygen atoms in total. The van der Waals surface area contributed by atoms with Crippen molar-refractivity contribution >= 4 is 28.6 Å². The van der Waals surface area contributed by atoms with Crippen molar-refractivity contribution in [2.75, 3.05) is 5.73 Å². The Kier molecular flexibility index (Phi) is 2.68. The lowest BCUT2D eigenvalue weighted by molar-refractivity contribution is 0.626. The van der Waals surface area contributed by atoms with Crippen LogP contribution in [0, 0.1) is 12.7 Å². The monoisotopic (exact) mass is 275 g/mol. The highest BCUT2D eigenvalue weighted by Gasteiger charge is 2.12. The van der Waals surface area contributed by atoms with Crippen LogP contribution >= 0.6 is 11.6 Å². The first kappa shape index (κ1) is 12.0. The standard InChI is InChI=1S/C14H11ClFN3/c1-8-6-10(16)3-5-12(8)19-13-7-9(15)2-4-11(13)18-14(19)17/h2-7H,1H3,(H2,17,18). The number of nitrogen functional groups attached to an aromatic ring is 1. The molecule has 96 valence electrons. The van der Waals surface area contributed by atoms with Gasteiger partial charge in [-0.2, -0.15) is 0 Å². The quantitative estimate of drug-likeness (QED) is 0.736. The smallest absolute Gasteiger partial charge is 0.205 e. The Morgan fingerprint density at radius 3 is 2.74 bits per heavy atom. The average molecular weight is 276 g/mol. The van der Waals surface area contributed by atoms with E-state index in [1.807, 2.05) is 13.0 Å². The third kappa shape index (κ3) is 1.94. The number of imidazole rings is 1. The van der Waals surface area contributed by atoms with E-state index in [0.29, 0.717) is 11.0 Å². The summed E-state index contributed by atoms with van der Waals surface area (Å²) in [6, 6.07) is 9.91. The molecule has 0 aliphatic heterocycles. The van der Waals surface area contributed by atoms with Crippen molar-refractivity contribution in [3.8, 4) is 5.69 Å². The molecule has 0 unspecified atom stereocenters. The molecule has 0 aliphatic carbocycles. The van der Waals surface area contributed by atoms with Gasteiger partial charge in [-0.1, -0.05) is 11.6 Å². The largest absolute Gasteiger partial charge is 0.369 e. The third-order valence-corrected chi connectivity index (χ3v) is 3.28. The predicted octanol–water partition coefficient (Wildman–Crippen LogP) is 3.71. The van der Waals surface area contributed by atoms with Crippen molar-refractivity contribution in [3.05, 3.63) is 52.8 Å². The Labute approximate surface area is 114 Å². The van der Waals surface area contributed by atoms with Crippen LogP contribution in [0.2, 0.25) is 5.02 Å². The summed E-state index contributed by atoms with van der Waals surface area (Å²) in [5.74, 6) is 0.0780. The summed E-state index contributed by atoms with van der Waals surface area (Å²) in [7, 11) is 0. The fraction of sp³-hybridized carbons (Fsp3) is 0.0714. The molecule has 0 spiro atoms. The number of nitrogens with two attached hydrogens (primary N) is 1. The molecule has 1 aromatic heterocycles. The zero-order chi connectivity index (χ0) is 13.6. The molecule has 0 radical (unpaired) electrons. The van der Waals surface area contributed by atoms with Crippen molar-refractivity contribution in [1.82, 2.24) is 9.55 Å². The van der Waals surface area contributed by atoms with Crippen LogP contribution in [0.4, 0.5) is 10.3 Å². The van der Waals surface area contributed by atoms with Gasteiger partial charge in [0, 0.05) is 5.02 Å². The molecule has 0 saturated carbocycles. The van der Waals surface area contributed by atoms with E-state index in [2.05, 4.69) is 4.98 Å². The maximum Gasteiger partial charge on any atom is 0.205 e. The van der Waals surface area contributed by atoms with E-state index in [4.69, 9.17) is 17.3 Å². The van der Waals surface area contributed by atoms with Crippen molar-refractivity contribution in [2.24, 2.45) is 0 Å². The molecular formula is C14H11ClFN3. The first-order chi connectivity index (χ1) is 9.06. The van der Waals surface area contributed by atoms with Gasteiger partial charge in [0.05, 0.1) is 16.7 Å². The minimum Gasteiger partial charge on any atom is -0.369 e. The molecule has 2 aromatic carbocycles. The van der Waals surface area contributed by atoms with Crippen molar-refractivity contribution < 1.29 is 4.39 Å². The Morgan fingerprint density at radius 1 is 1.21 bits per heavy atom. The second kappa shape index (κ2) is 4.24. The second-order valence-electron chi connectivity index (χ2n) is 4.37. The number of benzene rings is 2. The number of fused-ring (bicyclic) bond motifs is 1. The molecule has 0 saturated heterocycles. The first-order valence-corrected chi connectivity index (χ1v) is 6.14. The van der Waals surface area contributed by atoms with Gasteiger partial charge >= 0.3 is 0 Å². The van der Waals surface area contributed by atoms with Crippen LogP contribution in [0.25, 0.3) is 16.7 Å². The van der Waals surface area contributed by atoms with Gasteiger partial charge in [0.2, 0.25) is 5.95 Å². The number of hydrogen-bond acceptors (Lipinski definition) is 2. The molecule has 0 aliphatic rings. The summed E-state index contributed by atoms with van der Waals surface area (Å²) >= 11 is 6.01. The highest BCUT2D eigenvalue weighted by Crippen LogP contribution is 2.27. The third-order valence-electron chi connectivity index (χ3n) is 3.04. The van der Waals surface area contributed by atoms with Gasteiger partial charge in [0.15, 0.2) is 0 Å². The van der Waals surface area contributed by atoms with Crippen LogP contribution in [-0.4, -0.2) is 9.55 Å². The molecule has 3 rings (SSSR count). The van der Waals surface area contributed by atoms with Crippen LogP contribution in [0.15, 0.2) is 36.4 Å². The van der Waals surface area contributed by atoms with E-state index in [1.54, 1.807) is 22.8 Å². The Hall–Kier alpha value is -2.07. The highest BCUT2D eigenvalue weighted by molar-refractivity contribution is 6.31. The molecule has 0 fully saturated rings. The zero-order valence-corrected chi connectivity index (χ0v) is 10.9. The maximum absolute atomic E-state index is 13.2. The molecule has 0 amide bonds. The number of anilines is 1. The summed E-state index contributed by atoms with van der Waals surface area (Å²) in [6.07, 6.45) is 0. The average Bonchev–Trinajstić information content (AvgIpc) is 2.65. The van der Waals surface area contributed by atoms with Gasteiger partial charge in [-0.05, 0) is 48.9 Å². The zero-order valence-electron chi connectivity index (χ0n) is 10.2. The van der Waals surface area contributed by atoms with Crippen LogP contribution in [0.5, 0.6) is 0 Å². The SMILES string of the molecule is Cc1cc(F)ccc1-n1c(N)nc2ccc(Cl)cc21. The van der Waals surface area contributed by atoms with E-state index < -0.39 is 0 Å². The van der Waals surface area contributed by atoms with Crippen molar-refractivity contribution in [2.45, 2.75) is 6.92 Å². The van der Waals surface area contributed by atoms with Crippen LogP contribution in [0.3, 0.4) is 0 Å². The van der Waals surface area contributed by atoms with Crippen LogP contribution < -0.4 is 5.73 Å². The fourth-order valence-corrected chi connectivity index (χ4v) is 2.36. The molecule has 3 aromatic rings. The topological polar surface area (TPSA) is 43.8 Å². The first-order valence-electron chi connectivity index (χ1n) is 5.76. The van der Waals surface area contributed by atoms with Crippen molar-refractivity contribution in [3.63, 3.8) is 0 Å². The Morgan fingerprint density at radius 2 is 2.00 bits per heavy atom. The Bertz CT molecular complexity index is 780.